The van der Waals surface area contributed by atoms with Gasteiger partial charge in [-0.3, -0.25) is 4.79 Å². The second-order valence-corrected chi connectivity index (χ2v) is 5.41. The molecule has 0 rings (SSSR count). The summed E-state index contributed by atoms with van der Waals surface area (Å²) in [7, 11) is 2.13. The lowest BCUT2D eigenvalue weighted by Crippen LogP contribution is -2.45. The molecule has 19 heavy (non-hydrogen) atoms. The van der Waals surface area contributed by atoms with Crippen molar-refractivity contribution in [2.45, 2.75) is 65.5 Å². The van der Waals surface area contributed by atoms with Gasteiger partial charge in [0.1, 0.15) is 0 Å². The van der Waals surface area contributed by atoms with Crippen molar-refractivity contribution in [3.8, 4) is 0 Å². The fraction of sp³-hybridized carbons (Fsp3) is 0.933. The number of carbonyl (C=O) groups is 1. The van der Waals surface area contributed by atoms with Gasteiger partial charge in [0.25, 0.3) is 0 Å². The van der Waals surface area contributed by atoms with Gasteiger partial charge < -0.3 is 15.5 Å². The van der Waals surface area contributed by atoms with Crippen LogP contribution in [0.3, 0.4) is 0 Å². The first kappa shape index (κ1) is 18.4. The Bertz CT molecular complexity index is 233. The lowest BCUT2D eigenvalue weighted by molar-refractivity contribution is -0.122. The van der Waals surface area contributed by atoms with Gasteiger partial charge in [-0.15, -0.1) is 0 Å². The van der Waals surface area contributed by atoms with Crippen LogP contribution in [-0.2, 0) is 4.79 Å². The largest absolute Gasteiger partial charge is 0.355 e. The highest BCUT2D eigenvalue weighted by atomic mass is 16.2. The zero-order valence-electron chi connectivity index (χ0n) is 13.5. The van der Waals surface area contributed by atoms with Crippen molar-refractivity contribution in [3.05, 3.63) is 0 Å². The number of unbranched alkanes of at least 4 members (excludes halogenated alkanes) is 2. The van der Waals surface area contributed by atoms with Crippen molar-refractivity contribution in [3.63, 3.8) is 0 Å². The van der Waals surface area contributed by atoms with E-state index in [1.54, 1.807) is 0 Å². The number of likely N-dealkylation sites (N-methyl/N-ethyl adjacent to an activating group) is 1. The molecule has 2 atom stereocenters. The molecule has 0 aliphatic carbocycles. The highest BCUT2D eigenvalue weighted by Crippen LogP contribution is 1.98. The fourth-order valence-electron chi connectivity index (χ4n) is 1.82. The summed E-state index contributed by atoms with van der Waals surface area (Å²) in [4.78, 5) is 14.1. The monoisotopic (exact) mass is 271 g/mol. The van der Waals surface area contributed by atoms with E-state index in [1.165, 1.54) is 12.8 Å². The minimum Gasteiger partial charge on any atom is -0.355 e. The van der Waals surface area contributed by atoms with Crippen molar-refractivity contribution in [1.29, 1.82) is 0 Å². The minimum atomic E-state index is -0.105. The van der Waals surface area contributed by atoms with Gasteiger partial charge in [0.2, 0.25) is 5.91 Å². The van der Waals surface area contributed by atoms with E-state index in [0.29, 0.717) is 6.04 Å². The van der Waals surface area contributed by atoms with Crippen LogP contribution in [0.4, 0.5) is 0 Å². The van der Waals surface area contributed by atoms with Crippen LogP contribution in [0.1, 0.15) is 53.4 Å². The number of nitrogens with zero attached hydrogens (tertiary/aromatic N) is 1. The van der Waals surface area contributed by atoms with Gasteiger partial charge in [0.05, 0.1) is 6.04 Å². The summed E-state index contributed by atoms with van der Waals surface area (Å²) in [6, 6.07) is 0.493. The Balaban J connectivity index is 3.67. The number of rotatable bonds is 11. The number of nitrogens with one attached hydrogen (secondary N) is 2. The molecule has 0 aromatic heterocycles. The molecule has 0 aromatic carbocycles. The second-order valence-electron chi connectivity index (χ2n) is 5.41. The van der Waals surface area contributed by atoms with Gasteiger partial charge in [-0.25, -0.2) is 0 Å². The lowest BCUT2D eigenvalue weighted by atomic mass is 10.2. The zero-order chi connectivity index (χ0) is 14.7. The SMILES string of the molecule is CCCCCNC(=O)C(C)NCCN(C)C(C)CC. The molecule has 0 spiro atoms. The standard InChI is InChI=1S/C15H33N3O/c1-6-8-9-10-17-15(19)14(4)16-11-12-18(5)13(3)7-2/h13-14,16H,6-12H2,1-5H3,(H,17,19). The minimum absolute atomic E-state index is 0.105. The van der Waals surface area contributed by atoms with E-state index in [2.05, 4.69) is 43.4 Å². The molecule has 4 heteroatoms. The summed E-state index contributed by atoms with van der Waals surface area (Å²) in [6.07, 6.45) is 4.60. The van der Waals surface area contributed by atoms with Crippen LogP contribution in [-0.4, -0.2) is 49.6 Å². The molecule has 0 aliphatic rings. The smallest absolute Gasteiger partial charge is 0.236 e. The summed E-state index contributed by atoms with van der Waals surface area (Å²) in [5, 5.41) is 6.25. The normalized spacial score (nSPS) is 14.4. The van der Waals surface area contributed by atoms with Crippen molar-refractivity contribution in [2.24, 2.45) is 0 Å². The average molecular weight is 271 g/mol. The zero-order valence-corrected chi connectivity index (χ0v) is 13.5. The van der Waals surface area contributed by atoms with E-state index in [9.17, 15) is 4.79 Å². The molecule has 0 fully saturated rings. The topological polar surface area (TPSA) is 44.4 Å². The molecule has 0 radical (unpaired) electrons. The molecular weight excluding hydrogens is 238 g/mol. The Morgan fingerprint density at radius 3 is 2.42 bits per heavy atom. The Morgan fingerprint density at radius 1 is 1.16 bits per heavy atom. The molecule has 0 aliphatic heterocycles. The van der Waals surface area contributed by atoms with Gasteiger partial charge in [-0.2, -0.15) is 0 Å². The van der Waals surface area contributed by atoms with E-state index in [1.807, 2.05) is 6.92 Å². The van der Waals surface area contributed by atoms with Crippen molar-refractivity contribution in [1.82, 2.24) is 15.5 Å². The summed E-state index contributed by atoms with van der Waals surface area (Å²) < 4.78 is 0. The van der Waals surface area contributed by atoms with E-state index in [4.69, 9.17) is 0 Å². The van der Waals surface area contributed by atoms with Crippen molar-refractivity contribution in [2.75, 3.05) is 26.7 Å². The molecule has 2 unspecified atom stereocenters. The first-order chi connectivity index (χ1) is 9.02. The third-order valence-corrected chi connectivity index (χ3v) is 3.73. The summed E-state index contributed by atoms with van der Waals surface area (Å²) in [6.45, 7) is 11.1. The summed E-state index contributed by atoms with van der Waals surface area (Å²) in [5.41, 5.74) is 0. The molecule has 0 aromatic rings. The van der Waals surface area contributed by atoms with Crippen LogP contribution >= 0.6 is 0 Å². The van der Waals surface area contributed by atoms with E-state index >= 15 is 0 Å². The Hall–Kier alpha value is -0.610. The third-order valence-electron chi connectivity index (χ3n) is 3.73. The highest BCUT2D eigenvalue weighted by Gasteiger charge is 2.12. The van der Waals surface area contributed by atoms with Crippen molar-refractivity contribution >= 4 is 5.91 Å². The van der Waals surface area contributed by atoms with E-state index < -0.39 is 0 Å². The average Bonchev–Trinajstić information content (AvgIpc) is 2.41. The molecule has 1 amide bonds. The van der Waals surface area contributed by atoms with E-state index in [0.717, 1.165) is 32.5 Å². The van der Waals surface area contributed by atoms with Crippen LogP contribution in [0.25, 0.3) is 0 Å². The molecule has 0 saturated carbocycles. The Morgan fingerprint density at radius 2 is 1.84 bits per heavy atom. The lowest BCUT2D eigenvalue weighted by Gasteiger charge is -2.24. The van der Waals surface area contributed by atoms with Crippen LogP contribution in [0.15, 0.2) is 0 Å². The first-order valence-electron chi connectivity index (χ1n) is 7.74. The molecule has 4 nitrogen and oxygen atoms in total. The van der Waals surface area contributed by atoms with Gasteiger partial charge in [-0.05, 0) is 33.7 Å². The second kappa shape index (κ2) is 11.2. The van der Waals surface area contributed by atoms with Crippen molar-refractivity contribution < 1.29 is 4.79 Å². The van der Waals surface area contributed by atoms with Crippen LogP contribution in [0.2, 0.25) is 0 Å². The summed E-state index contributed by atoms with van der Waals surface area (Å²) >= 11 is 0. The maximum absolute atomic E-state index is 11.8. The highest BCUT2D eigenvalue weighted by molar-refractivity contribution is 5.81. The maximum atomic E-state index is 11.8. The van der Waals surface area contributed by atoms with E-state index in [-0.39, 0.29) is 11.9 Å². The number of amides is 1. The number of carbonyl (C=O) groups excluding carboxylic acids is 1. The molecule has 2 N–H and O–H groups in total. The van der Waals surface area contributed by atoms with Crippen LogP contribution in [0.5, 0.6) is 0 Å². The molecular formula is C15H33N3O. The number of hydrogen-bond donors (Lipinski definition) is 2. The van der Waals surface area contributed by atoms with Crippen LogP contribution in [0, 0.1) is 0 Å². The molecule has 0 saturated heterocycles. The Labute approximate surface area is 119 Å². The molecule has 114 valence electrons. The van der Waals surface area contributed by atoms with Gasteiger partial charge in [0.15, 0.2) is 0 Å². The fourth-order valence-corrected chi connectivity index (χ4v) is 1.82. The third kappa shape index (κ3) is 9.00. The van der Waals surface area contributed by atoms with Crippen LogP contribution < -0.4 is 10.6 Å². The summed E-state index contributed by atoms with van der Waals surface area (Å²) in [5.74, 6) is 0.113. The molecule has 0 heterocycles. The predicted molar refractivity (Wildman–Crippen MR) is 82.4 cm³/mol. The maximum Gasteiger partial charge on any atom is 0.236 e. The number of hydrogen-bond acceptors (Lipinski definition) is 3. The molecule has 0 bridgehead atoms. The predicted octanol–water partition coefficient (Wildman–Crippen LogP) is 2.00. The van der Waals surface area contributed by atoms with Gasteiger partial charge in [0, 0.05) is 25.7 Å². The quantitative estimate of drug-likeness (QED) is 0.565. The Kier molecular flexibility index (Phi) is 10.9. The van der Waals surface area contributed by atoms with Gasteiger partial charge >= 0.3 is 0 Å². The first-order valence-corrected chi connectivity index (χ1v) is 7.74. The van der Waals surface area contributed by atoms with Gasteiger partial charge in [-0.1, -0.05) is 26.7 Å².